The molecule has 2 rings (SSSR count). The summed E-state index contributed by atoms with van der Waals surface area (Å²) >= 11 is 0. The van der Waals surface area contributed by atoms with Crippen molar-refractivity contribution >= 4 is 23.5 Å². The number of anilines is 1. The highest BCUT2D eigenvalue weighted by Crippen LogP contribution is 2.26. The van der Waals surface area contributed by atoms with E-state index >= 15 is 0 Å². The van der Waals surface area contributed by atoms with Gasteiger partial charge in [-0.15, -0.1) is 6.58 Å². The molecular formula is C18H21FN2O4. The fourth-order valence-corrected chi connectivity index (χ4v) is 2.76. The number of halogens is 1. The number of nitrogens with zero attached hydrogens (tertiary/aromatic N) is 1. The number of hydrogen-bond acceptors (Lipinski definition) is 3. The van der Waals surface area contributed by atoms with Crippen LogP contribution in [0.15, 0.2) is 30.9 Å². The van der Waals surface area contributed by atoms with Gasteiger partial charge in [0.15, 0.2) is 0 Å². The van der Waals surface area contributed by atoms with E-state index in [1.54, 1.807) is 19.1 Å². The Balaban J connectivity index is 2.05. The van der Waals surface area contributed by atoms with E-state index in [1.165, 1.54) is 17.0 Å². The molecule has 1 aliphatic rings. The fraction of sp³-hybridized carbons (Fsp3) is 0.389. The number of carbonyl (C=O) groups excluding carboxylic acids is 2. The number of carboxylic acid groups (broad SMARTS) is 1. The highest BCUT2D eigenvalue weighted by atomic mass is 19.1. The summed E-state index contributed by atoms with van der Waals surface area (Å²) in [5.41, 5.74) is 0.939. The van der Waals surface area contributed by atoms with Crippen LogP contribution < -0.4 is 10.2 Å². The molecule has 1 fully saturated rings. The minimum atomic E-state index is -1.12. The van der Waals surface area contributed by atoms with E-state index in [0.29, 0.717) is 17.7 Å². The van der Waals surface area contributed by atoms with Crippen molar-refractivity contribution in [3.8, 4) is 0 Å². The number of nitrogens with one attached hydrogen (secondary N) is 1. The van der Waals surface area contributed by atoms with Gasteiger partial charge in [-0.1, -0.05) is 6.08 Å². The van der Waals surface area contributed by atoms with Crippen molar-refractivity contribution in [1.82, 2.24) is 5.32 Å². The van der Waals surface area contributed by atoms with Crippen LogP contribution in [0, 0.1) is 18.7 Å². The predicted octanol–water partition coefficient (Wildman–Crippen LogP) is 2.02. The summed E-state index contributed by atoms with van der Waals surface area (Å²) < 4.78 is 13.4. The zero-order chi connectivity index (χ0) is 18.6. The summed E-state index contributed by atoms with van der Waals surface area (Å²) in [7, 11) is 0. The van der Waals surface area contributed by atoms with E-state index in [1.807, 2.05) is 0 Å². The van der Waals surface area contributed by atoms with Crippen LogP contribution in [0.3, 0.4) is 0 Å². The molecule has 1 heterocycles. The summed E-state index contributed by atoms with van der Waals surface area (Å²) in [6, 6.07) is 3.31. The Morgan fingerprint density at radius 2 is 2.24 bits per heavy atom. The van der Waals surface area contributed by atoms with Crippen LogP contribution in [-0.4, -0.2) is 35.5 Å². The summed E-state index contributed by atoms with van der Waals surface area (Å²) in [5.74, 6) is -2.83. The molecule has 2 N–H and O–H groups in total. The topological polar surface area (TPSA) is 86.7 Å². The molecule has 2 unspecified atom stereocenters. The maximum atomic E-state index is 13.4. The third kappa shape index (κ3) is 4.43. The average Bonchev–Trinajstić information content (AvgIpc) is 2.95. The smallest absolute Gasteiger partial charge is 0.326 e. The maximum Gasteiger partial charge on any atom is 0.326 e. The summed E-state index contributed by atoms with van der Waals surface area (Å²) in [4.78, 5) is 37.2. The van der Waals surface area contributed by atoms with Gasteiger partial charge < -0.3 is 15.3 Å². The number of benzene rings is 1. The number of amides is 2. The maximum absolute atomic E-state index is 13.4. The molecule has 1 saturated heterocycles. The Labute approximate surface area is 145 Å². The SMILES string of the molecule is C=CCCC(NC(=O)C1CC(=O)N(c2ccc(F)c(C)c2)C1)C(=O)O. The number of rotatable bonds is 7. The molecule has 0 aliphatic carbocycles. The third-order valence-corrected chi connectivity index (χ3v) is 4.22. The van der Waals surface area contributed by atoms with Gasteiger partial charge in [0.25, 0.3) is 0 Å². The Kier molecular flexibility index (Phi) is 5.90. The van der Waals surface area contributed by atoms with Gasteiger partial charge in [-0.3, -0.25) is 9.59 Å². The van der Waals surface area contributed by atoms with Crippen molar-refractivity contribution in [3.63, 3.8) is 0 Å². The molecule has 7 heteroatoms. The molecule has 1 aromatic carbocycles. The number of carboxylic acids is 1. The lowest BCUT2D eigenvalue weighted by atomic mass is 10.1. The van der Waals surface area contributed by atoms with Gasteiger partial charge in [0.2, 0.25) is 11.8 Å². The second kappa shape index (κ2) is 7.92. The number of aryl methyl sites for hydroxylation is 1. The van der Waals surface area contributed by atoms with E-state index < -0.39 is 23.8 Å². The van der Waals surface area contributed by atoms with E-state index in [9.17, 15) is 18.8 Å². The molecule has 0 spiro atoms. The van der Waals surface area contributed by atoms with Gasteiger partial charge in [-0.25, -0.2) is 9.18 Å². The second-order valence-electron chi connectivity index (χ2n) is 6.10. The molecule has 1 aromatic rings. The first kappa shape index (κ1) is 18.6. The zero-order valence-corrected chi connectivity index (χ0v) is 14.0. The van der Waals surface area contributed by atoms with Gasteiger partial charge >= 0.3 is 5.97 Å². The molecule has 1 aliphatic heterocycles. The van der Waals surface area contributed by atoms with E-state index in [0.717, 1.165) is 0 Å². The first-order valence-corrected chi connectivity index (χ1v) is 8.04. The average molecular weight is 348 g/mol. The Morgan fingerprint density at radius 3 is 2.84 bits per heavy atom. The number of hydrogen-bond donors (Lipinski definition) is 2. The summed E-state index contributed by atoms with van der Waals surface area (Å²) in [5, 5.41) is 11.6. The highest BCUT2D eigenvalue weighted by molar-refractivity contribution is 6.00. The quantitative estimate of drug-likeness (QED) is 0.738. The summed E-state index contributed by atoms with van der Waals surface area (Å²) in [6.07, 6.45) is 2.28. The van der Waals surface area contributed by atoms with Crippen molar-refractivity contribution in [3.05, 3.63) is 42.2 Å². The van der Waals surface area contributed by atoms with Crippen LogP contribution in [0.5, 0.6) is 0 Å². The van der Waals surface area contributed by atoms with Crippen molar-refractivity contribution in [2.45, 2.75) is 32.2 Å². The van der Waals surface area contributed by atoms with Gasteiger partial charge in [-0.05, 0) is 43.5 Å². The van der Waals surface area contributed by atoms with E-state index in [2.05, 4.69) is 11.9 Å². The van der Waals surface area contributed by atoms with Gasteiger partial charge in [0.1, 0.15) is 11.9 Å². The number of allylic oxidation sites excluding steroid dienone is 1. The molecule has 0 saturated carbocycles. The molecule has 2 atom stereocenters. The number of carbonyl (C=O) groups is 3. The normalized spacial score (nSPS) is 18.1. The molecule has 2 amide bonds. The second-order valence-corrected chi connectivity index (χ2v) is 6.10. The Morgan fingerprint density at radius 1 is 1.52 bits per heavy atom. The molecule has 6 nitrogen and oxygen atoms in total. The van der Waals surface area contributed by atoms with Crippen LogP contribution in [0.2, 0.25) is 0 Å². The third-order valence-electron chi connectivity index (χ3n) is 4.22. The Bertz CT molecular complexity index is 704. The molecule has 134 valence electrons. The van der Waals surface area contributed by atoms with Crippen molar-refractivity contribution in [2.75, 3.05) is 11.4 Å². The van der Waals surface area contributed by atoms with Gasteiger partial charge in [0, 0.05) is 18.7 Å². The molecule has 0 bridgehead atoms. The monoisotopic (exact) mass is 348 g/mol. The minimum absolute atomic E-state index is 0.00391. The highest BCUT2D eigenvalue weighted by Gasteiger charge is 2.36. The minimum Gasteiger partial charge on any atom is -0.480 e. The molecule has 0 radical (unpaired) electrons. The van der Waals surface area contributed by atoms with E-state index in [4.69, 9.17) is 5.11 Å². The van der Waals surface area contributed by atoms with Crippen molar-refractivity contribution in [2.24, 2.45) is 5.92 Å². The summed E-state index contributed by atoms with van der Waals surface area (Å²) in [6.45, 7) is 5.27. The first-order chi connectivity index (χ1) is 11.8. The Hall–Kier alpha value is -2.70. The van der Waals surface area contributed by atoms with Gasteiger partial charge in [-0.2, -0.15) is 0 Å². The molecular weight excluding hydrogens is 327 g/mol. The number of aliphatic carboxylic acids is 1. The lowest BCUT2D eigenvalue weighted by Crippen LogP contribution is -2.44. The van der Waals surface area contributed by atoms with E-state index in [-0.39, 0.29) is 31.1 Å². The molecule has 25 heavy (non-hydrogen) atoms. The van der Waals surface area contributed by atoms with Crippen molar-refractivity contribution < 1.29 is 23.9 Å². The standard InChI is InChI=1S/C18H21FN2O4/c1-3-4-5-15(18(24)25)20-17(23)12-9-16(22)21(10-12)13-6-7-14(19)11(2)8-13/h3,6-8,12,15H,1,4-5,9-10H2,2H3,(H,20,23)(H,24,25). The van der Waals surface area contributed by atoms with Crippen molar-refractivity contribution in [1.29, 1.82) is 0 Å². The predicted molar refractivity (Wildman–Crippen MR) is 90.6 cm³/mol. The van der Waals surface area contributed by atoms with Gasteiger partial charge in [0.05, 0.1) is 5.92 Å². The van der Waals surface area contributed by atoms with Crippen LogP contribution in [0.4, 0.5) is 10.1 Å². The lowest BCUT2D eigenvalue weighted by molar-refractivity contribution is -0.142. The first-order valence-electron chi connectivity index (χ1n) is 8.04. The molecule has 0 aromatic heterocycles. The fourth-order valence-electron chi connectivity index (χ4n) is 2.76. The van der Waals surface area contributed by atoms with Crippen LogP contribution >= 0.6 is 0 Å². The van der Waals surface area contributed by atoms with Crippen LogP contribution in [0.1, 0.15) is 24.8 Å². The zero-order valence-electron chi connectivity index (χ0n) is 14.0. The lowest BCUT2D eigenvalue weighted by Gasteiger charge is -2.19. The van der Waals surface area contributed by atoms with Crippen LogP contribution in [-0.2, 0) is 14.4 Å². The van der Waals surface area contributed by atoms with Crippen LogP contribution in [0.25, 0.3) is 0 Å². The largest absolute Gasteiger partial charge is 0.480 e.